The van der Waals surface area contributed by atoms with E-state index < -0.39 is 17.2 Å². The summed E-state index contributed by atoms with van der Waals surface area (Å²) in [6, 6.07) is 6.90. The molecule has 0 aliphatic carbocycles. The minimum Gasteiger partial charge on any atom is -0.497 e. The van der Waals surface area contributed by atoms with Crippen LogP contribution in [0, 0.1) is 0 Å². The van der Waals surface area contributed by atoms with Gasteiger partial charge in [-0.05, 0) is 24.3 Å². The molecule has 0 saturated carbocycles. The van der Waals surface area contributed by atoms with E-state index in [2.05, 4.69) is 20.5 Å². The van der Waals surface area contributed by atoms with Crippen molar-refractivity contribution >= 4 is 23.1 Å². The summed E-state index contributed by atoms with van der Waals surface area (Å²) in [5, 5.41) is 10.2. The average Bonchev–Trinajstić information content (AvgIpc) is 3.38. The standard InChI is InChI=1S/C18H17N7O5/c1-23-14-13(16(27)24(2)18(23)28)25(9-19-14)8-12(26)20-17-22-21-15(30-17)10-4-6-11(29-3)7-5-10/h4-7,9H,8H2,1-3H3,(H,20,22,26). The van der Waals surface area contributed by atoms with E-state index in [9.17, 15) is 14.4 Å². The molecule has 30 heavy (non-hydrogen) atoms. The van der Waals surface area contributed by atoms with Crippen LogP contribution < -0.4 is 21.3 Å². The Labute approximate surface area is 168 Å². The molecule has 0 saturated heterocycles. The number of nitrogens with one attached hydrogen (secondary N) is 1. The largest absolute Gasteiger partial charge is 0.497 e. The number of ether oxygens (including phenoxy) is 1. The zero-order valence-electron chi connectivity index (χ0n) is 16.3. The van der Waals surface area contributed by atoms with Crippen molar-refractivity contribution in [1.82, 2.24) is 28.9 Å². The molecule has 0 atom stereocenters. The third kappa shape index (κ3) is 3.23. The summed E-state index contributed by atoms with van der Waals surface area (Å²) < 4.78 is 14.1. The van der Waals surface area contributed by atoms with Crippen molar-refractivity contribution in [2.45, 2.75) is 6.54 Å². The van der Waals surface area contributed by atoms with E-state index in [4.69, 9.17) is 9.15 Å². The second-order valence-electron chi connectivity index (χ2n) is 6.44. The molecule has 1 amide bonds. The van der Waals surface area contributed by atoms with Crippen LogP contribution in [-0.4, -0.2) is 41.9 Å². The molecule has 0 spiro atoms. The van der Waals surface area contributed by atoms with Gasteiger partial charge in [0.1, 0.15) is 12.3 Å². The lowest BCUT2D eigenvalue weighted by atomic mass is 10.2. The lowest BCUT2D eigenvalue weighted by Gasteiger charge is -2.06. The normalized spacial score (nSPS) is 11.0. The first-order chi connectivity index (χ1) is 14.4. The van der Waals surface area contributed by atoms with Gasteiger partial charge in [0.05, 0.1) is 13.4 Å². The number of imidazole rings is 1. The lowest BCUT2D eigenvalue weighted by Crippen LogP contribution is -2.37. The minimum atomic E-state index is -0.544. The highest BCUT2D eigenvalue weighted by Gasteiger charge is 2.17. The van der Waals surface area contributed by atoms with Crippen molar-refractivity contribution in [1.29, 1.82) is 0 Å². The Hall–Kier alpha value is -4.22. The number of fused-ring (bicyclic) bond motifs is 1. The van der Waals surface area contributed by atoms with Crippen molar-refractivity contribution < 1.29 is 13.9 Å². The van der Waals surface area contributed by atoms with Gasteiger partial charge in [0.25, 0.3) is 5.56 Å². The number of aryl methyl sites for hydroxylation is 1. The molecule has 1 N–H and O–H groups in total. The smallest absolute Gasteiger partial charge is 0.332 e. The maximum absolute atomic E-state index is 12.4. The number of amides is 1. The summed E-state index contributed by atoms with van der Waals surface area (Å²) in [5.74, 6) is 0.406. The highest BCUT2D eigenvalue weighted by Crippen LogP contribution is 2.22. The second-order valence-corrected chi connectivity index (χ2v) is 6.44. The van der Waals surface area contributed by atoms with E-state index >= 15 is 0 Å². The molecule has 12 heteroatoms. The van der Waals surface area contributed by atoms with Gasteiger partial charge in [-0.2, -0.15) is 0 Å². The van der Waals surface area contributed by atoms with Crippen LogP contribution in [0.3, 0.4) is 0 Å². The van der Waals surface area contributed by atoms with E-state index in [1.165, 1.54) is 29.6 Å². The lowest BCUT2D eigenvalue weighted by molar-refractivity contribution is -0.116. The summed E-state index contributed by atoms with van der Waals surface area (Å²) >= 11 is 0. The van der Waals surface area contributed by atoms with Gasteiger partial charge in [0.2, 0.25) is 11.8 Å². The van der Waals surface area contributed by atoms with Gasteiger partial charge in [-0.1, -0.05) is 5.10 Å². The van der Waals surface area contributed by atoms with E-state index in [1.54, 1.807) is 31.4 Å². The molecule has 0 aliphatic rings. The number of carbonyl (C=O) groups excluding carboxylic acids is 1. The van der Waals surface area contributed by atoms with E-state index in [0.29, 0.717) is 11.3 Å². The number of anilines is 1. The number of carbonyl (C=O) groups is 1. The number of rotatable bonds is 5. The Morgan fingerprint density at radius 3 is 2.57 bits per heavy atom. The summed E-state index contributed by atoms with van der Waals surface area (Å²) in [5.41, 5.74) is -0.0550. The number of aromatic nitrogens is 6. The first kappa shape index (κ1) is 19.1. The van der Waals surface area contributed by atoms with Crippen molar-refractivity contribution in [3.8, 4) is 17.2 Å². The molecule has 4 rings (SSSR count). The van der Waals surface area contributed by atoms with Crippen LogP contribution in [0.25, 0.3) is 22.6 Å². The summed E-state index contributed by atoms with van der Waals surface area (Å²) in [6.07, 6.45) is 1.32. The Morgan fingerprint density at radius 1 is 1.13 bits per heavy atom. The van der Waals surface area contributed by atoms with Crippen molar-refractivity contribution in [2.24, 2.45) is 14.1 Å². The van der Waals surface area contributed by atoms with Gasteiger partial charge in [-0.3, -0.25) is 24.0 Å². The minimum absolute atomic E-state index is 0.0875. The van der Waals surface area contributed by atoms with Crippen molar-refractivity contribution in [3.63, 3.8) is 0 Å². The average molecular weight is 411 g/mol. The zero-order chi connectivity index (χ0) is 21.4. The van der Waals surface area contributed by atoms with Gasteiger partial charge < -0.3 is 13.7 Å². The number of nitrogens with zero attached hydrogens (tertiary/aromatic N) is 6. The molecule has 0 unspecified atom stereocenters. The number of benzene rings is 1. The highest BCUT2D eigenvalue weighted by molar-refractivity contribution is 5.89. The molecule has 0 aliphatic heterocycles. The fraction of sp³-hybridized carbons (Fsp3) is 0.222. The number of hydrogen-bond acceptors (Lipinski definition) is 8. The first-order valence-electron chi connectivity index (χ1n) is 8.77. The molecule has 1 aromatic carbocycles. The molecule has 0 radical (unpaired) electrons. The van der Waals surface area contributed by atoms with Crippen LogP contribution in [0.2, 0.25) is 0 Å². The number of hydrogen-bond donors (Lipinski definition) is 1. The Bertz CT molecular complexity index is 1360. The fourth-order valence-corrected chi connectivity index (χ4v) is 2.95. The molecule has 12 nitrogen and oxygen atoms in total. The van der Waals surface area contributed by atoms with Crippen LogP contribution in [0.5, 0.6) is 5.75 Å². The predicted octanol–water partition coefficient (Wildman–Crippen LogP) is 0.131. The van der Waals surface area contributed by atoms with Crippen LogP contribution in [0.1, 0.15) is 0 Å². The van der Waals surface area contributed by atoms with Crippen molar-refractivity contribution in [3.05, 3.63) is 51.4 Å². The first-order valence-corrected chi connectivity index (χ1v) is 8.77. The Morgan fingerprint density at radius 2 is 1.87 bits per heavy atom. The molecule has 3 heterocycles. The summed E-state index contributed by atoms with van der Waals surface area (Å²) in [6.45, 7) is -0.232. The topological polar surface area (TPSA) is 139 Å². The third-order valence-corrected chi connectivity index (χ3v) is 4.54. The summed E-state index contributed by atoms with van der Waals surface area (Å²) in [7, 11) is 4.43. The maximum atomic E-state index is 12.4. The van der Waals surface area contributed by atoms with Crippen LogP contribution in [0.15, 0.2) is 44.6 Å². The van der Waals surface area contributed by atoms with E-state index in [1.807, 2.05) is 0 Å². The molecule has 4 aromatic rings. The number of methoxy groups -OCH3 is 1. The third-order valence-electron chi connectivity index (χ3n) is 4.54. The maximum Gasteiger partial charge on any atom is 0.332 e. The second kappa shape index (κ2) is 7.31. The summed E-state index contributed by atoms with van der Waals surface area (Å²) in [4.78, 5) is 40.9. The van der Waals surface area contributed by atoms with Gasteiger partial charge in [0.15, 0.2) is 11.2 Å². The van der Waals surface area contributed by atoms with Gasteiger partial charge in [-0.25, -0.2) is 9.78 Å². The van der Waals surface area contributed by atoms with Crippen LogP contribution >= 0.6 is 0 Å². The van der Waals surface area contributed by atoms with E-state index in [-0.39, 0.29) is 29.6 Å². The van der Waals surface area contributed by atoms with Crippen molar-refractivity contribution in [2.75, 3.05) is 12.4 Å². The van der Waals surface area contributed by atoms with Gasteiger partial charge in [0, 0.05) is 19.7 Å². The molecular weight excluding hydrogens is 394 g/mol. The Balaban J connectivity index is 1.54. The molecule has 0 fully saturated rings. The predicted molar refractivity (Wildman–Crippen MR) is 105 cm³/mol. The fourth-order valence-electron chi connectivity index (χ4n) is 2.95. The molecule has 3 aromatic heterocycles. The highest BCUT2D eigenvalue weighted by atomic mass is 16.5. The van der Waals surface area contributed by atoms with E-state index in [0.717, 1.165) is 4.57 Å². The Kier molecular flexibility index (Phi) is 4.66. The van der Waals surface area contributed by atoms with Crippen LogP contribution in [0.4, 0.5) is 6.01 Å². The molecular formula is C18H17N7O5. The molecule has 154 valence electrons. The van der Waals surface area contributed by atoms with Crippen LogP contribution in [-0.2, 0) is 25.4 Å². The SMILES string of the molecule is COc1ccc(-c2nnc(NC(=O)Cn3cnc4c3c(=O)n(C)c(=O)n4C)o2)cc1. The zero-order valence-corrected chi connectivity index (χ0v) is 16.3. The monoisotopic (exact) mass is 411 g/mol. The van der Waals surface area contributed by atoms with Gasteiger partial charge in [-0.15, -0.1) is 5.10 Å². The van der Waals surface area contributed by atoms with Gasteiger partial charge >= 0.3 is 11.7 Å². The molecule has 0 bridgehead atoms. The quantitative estimate of drug-likeness (QED) is 0.489.